The summed E-state index contributed by atoms with van der Waals surface area (Å²) in [5.74, 6) is -0.119. The summed E-state index contributed by atoms with van der Waals surface area (Å²) in [6, 6.07) is 7.89. The first-order valence-corrected chi connectivity index (χ1v) is 3.91. The van der Waals surface area contributed by atoms with Gasteiger partial charge in [0.15, 0.2) is 0 Å². The van der Waals surface area contributed by atoms with Crippen molar-refractivity contribution in [1.82, 2.24) is 0 Å². The molecule has 0 radical (unpaired) electrons. The van der Waals surface area contributed by atoms with Crippen LogP contribution in [0.15, 0.2) is 18.2 Å². The summed E-state index contributed by atoms with van der Waals surface area (Å²) in [5.41, 5.74) is 8.50. The van der Waals surface area contributed by atoms with Crippen LogP contribution in [0.25, 0.3) is 0 Å². The van der Waals surface area contributed by atoms with Gasteiger partial charge in [0.1, 0.15) is 0 Å². The molecule has 0 fully saturated rings. The number of aryl methyl sites for hydroxylation is 1. The molecule has 2 N–H and O–H groups in total. The maximum absolute atomic E-state index is 8.73. The van der Waals surface area contributed by atoms with Crippen LogP contribution in [-0.2, 0) is 0 Å². The zero-order valence-corrected chi connectivity index (χ0v) is 7.33. The van der Waals surface area contributed by atoms with Crippen molar-refractivity contribution >= 4 is 5.69 Å². The maximum Gasteiger partial charge on any atom is 0.0707 e. The molecule has 0 heterocycles. The highest BCUT2D eigenvalue weighted by molar-refractivity contribution is 5.53. The number of nitriles is 1. The Morgan fingerprint density at radius 3 is 2.67 bits per heavy atom. The number of nitrogens with zero attached hydrogens (tertiary/aromatic N) is 1. The maximum atomic E-state index is 8.73. The lowest BCUT2D eigenvalue weighted by molar-refractivity contribution is 0.970. The molecule has 0 amide bonds. The second kappa shape index (κ2) is 3.27. The first-order valence-electron chi connectivity index (χ1n) is 3.91. The van der Waals surface area contributed by atoms with Crippen LogP contribution in [0.1, 0.15) is 24.0 Å². The molecule has 0 bridgehead atoms. The van der Waals surface area contributed by atoms with Crippen molar-refractivity contribution in [3.63, 3.8) is 0 Å². The van der Waals surface area contributed by atoms with E-state index in [4.69, 9.17) is 11.0 Å². The Labute approximate surface area is 72.6 Å². The van der Waals surface area contributed by atoms with Crippen LogP contribution in [0.4, 0.5) is 5.69 Å². The van der Waals surface area contributed by atoms with E-state index in [0.29, 0.717) is 5.69 Å². The molecule has 1 aromatic carbocycles. The molecule has 0 aliphatic rings. The van der Waals surface area contributed by atoms with E-state index in [2.05, 4.69) is 6.07 Å². The molecule has 1 atom stereocenters. The largest absolute Gasteiger partial charge is 0.398 e. The third-order valence-electron chi connectivity index (χ3n) is 1.98. The Bertz CT molecular complexity index is 303. The Balaban J connectivity index is 3.23. The second-order valence-corrected chi connectivity index (χ2v) is 2.93. The SMILES string of the molecule is Cc1cccc(N)c1C(C)C#N. The third-order valence-corrected chi connectivity index (χ3v) is 1.98. The molecule has 0 aliphatic heterocycles. The van der Waals surface area contributed by atoms with Gasteiger partial charge in [-0.15, -0.1) is 0 Å². The standard InChI is InChI=1S/C10H12N2/c1-7-4-3-5-9(12)10(7)8(2)6-11/h3-5,8H,12H2,1-2H3. The highest BCUT2D eigenvalue weighted by Gasteiger charge is 2.09. The molecule has 2 heteroatoms. The van der Waals surface area contributed by atoms with Crippen LogP contribution in [0, 0.1) is 18.3 Å². The summed E-state index contributed by atoms with van der Waals surface area (Å²) in [5, 5.41) is 8.73. The average Bonchev–Trinajstić information content (AvgIpc) is 2.03. The summed E-state index contributed by atoms with van der Waals surface area (Å²) < 4.78 is 0. The van der Waals surface area contributed by atoms with Gasteiger partial charge in [0.2, 0.25) is 0 Å². The third kappa shape index (κ3) is 1.40. The number of hydrogen-bond acceptors (Lipinski definition) is 2. The van der Waals surface area contributed by atoms with Crippen LogP contribution in [0.3, 0.4) is 0 Å². The van der Waals surface area contributed by atoms with E-state index < -0.39 is 0 Å². The van der Waals surface area contributed by atoms with Gasteiger partial charge >= 0.3 is 0 Å². The number of nitrogens with two attached hydrogens (primary N) is 1. The fourth-order valence-corrected chi connectivity index (χ4v) is 1.36. The molecular weight excluding hydrogens is 148 g/mol. The summed E-state index contributed by atoms with van der Waals surface area (Å²) in [6.45, 7) is 3.83. The molecular formula is C10H12N2. The van der Waals surface area contributed by atoms with Crippen molar-refractivity contribution in [2.24, 2.45) is 0 Å². The van der Waals surface area contributed by atoms with Crippen LogP contribution >= 0.6 is 0 Å². The van der Waals surface area contributed by atoms with E-state index >= 15 is 0 Å². The van der Waals surface area contributed by atoms with E-state index in [0.717, 1.165) is 11.1 Å². The minimum atomic E-state index is -0.119. The van der Waals surface area contributed by atoms with Crippen molar-refractivity contribution in [3.05, 3.63) is 29.3 Å². The van der Waals surface area contributed by atoms with Gasteiger partial charge in [0.25, 0.3) is 0 Å². The lowest BCUT2D eigenvalue weighted by Gasteiger charge is -2.09. The van der Waals surface area contributed by atoms with E-state index in [1.54, 1.807) is 0 Å². The highest BCUT2D eigenvalue weighted by atomic mass is 14.6. The van der Waals surface area contributed by atoms with E-state index in [1.165, 1.54) is 0 Å². The molecule has 0 aromatic heterocycles. The molecule has 0 saturated heterocycles. The predicted molar refractivity (Wildman–Crippen MR) is 49.6 cm³/mol. The number of nitrogen functional groups attached to an aromatic ring is 1. The number of benzene rings is 1. The summed E-state index contributed by atoms with van der Waals surface area (Å²) in [4.78, 5) is 0. The lowest BCUT2D eigenvalue weighted by Crippen LogP contribution is -1.99. The van der Waals surface area contributed by atoms with Crippen molar-refractivity contribution in [1.29, 1.82) is 5.26 Å². The molecule has 0 aliphatic carbocycles. The Morgan fingerprint density at radius 2 is 2.17 bits per heavy atom. The quantitative estimate of drug-likeness (QED) is 0.640. The topological polar surface area (TPSA) is 49.8 Å². The average molecular weight is 160 g/mol. The van der Waals surface area contributed by atoms with Gasteiger partial charge in [0, 0.05) is 5.69 Å². The normalized spacial score (nSPS) is 12.1. The lowest BCUT2D eigenvalue weighted by atomic mass is 9.96. The molecule has 1 rings (SSSR count). The van der Waals surface area contributed by atoms with E-state index in [1.807, 2.05) is 32.0 Å². The molecule has 0 saturated carbocycles. The minimum absolute atomic E-state index is 0.119. The van der Waals surface area contributed by atoms with Crippen LogP contribution in [0.5, 0.6) is 0 Å². The first kappa shape index (κ1) is 8.61. The zero-order chi connectivity index (χ0) is 9.14. The van der Waals surface area contributed by atoms with Gasteiger partial charge < -0.3 is 5.73 Å². The second-order valence-electron chi connectivity index (χ2n) is 2.93. The highest BCUT2D eigenvalue weighted by Crippen LogP contribution is 2.24. The van der Waals surface area contributed by atoms with Gasteiger partial charge in [-0.25, -0.2) is 0 Å². The smallest absolute Gasteiger partial charge is 0.0707 e. The summed E-state index contributed by atoms with van der Waals surface area (Å²) >= 11 is 0. The Kier molecular flexibility index (Phi) is 2.35. The Hall–Kier alpha value is -1.49. The van der Waals surface area contributed by atoms with Crippen molar-refractivity contribution in [2.45, 2.75) is 19.8 Å². The fourth-order valence-electron chi connectivity index (χ4n) is 1.36. The predicted octanol–water partition coefficient (Wildman–Crippen LogP) is 2.20. The van der Waals surface area contributed by atoms with Gasteiger partial charge in [-0.05, 0) is 31.0 Å². The Morgan fingerprint density at radius 1 is 1.50 bits per heavy atom. The van der Waals surface area contributed by atoms with Gasteiger partial charge in [-0.2, -0.15) is 5.26 Å². The van der Waals surface area contributed by atoms with Gasteiger partial charge in [-0.1, -0.05) is 12.1 Å². The minimum Gasteiger partial charge on any atom is -0.398 e. The van der Waals surface area contributed by atoms with Crippen LogP contribution in [0.2, 0.25) is 0 Å². The van der Waals surface area contributed by atoms with E-state index in [9.17, 15) is 0 Å². The number of rotatable bonds is 1. The molecule has 1 unspecified atom stereocenters. The molecule has 0 spiro atoms. The van der Waals surface area contributed by atoms with Crippen LogP contribution in [-0.4, -0.2) is 0 Å². The molecule has 1 aromatic rings. The number of hydrogen-bond donors (Lipinski definition) is 1. The monoisotopic (exact) mass is 160 g/mol. The van der Waals surface area contributed by atoms with Gasteiger partial charge in [-0.3, -0.25) is 0 Å². The van der Waals surface area contributed by atoms with E-state index in [-0.39, 0.29) is 5.92 Å². The summed E-state index contributed by atoms with van der Waals surface area (Å²) in [6.07, 6.45) is 0. The van der Waals surface area contributed by atoms with Crippen molar-refractivity contribution < 1.29 is 0 Å². The summed E-state index contributed by atoms with van der Waals surface area (Å²) in [7, 11) is 0. The van der Waals surface area contributed by atoms with Crippen molar-refractivity contribution in [3.8, 4) is 6.07 Å². The fraction of sp³-hybridized carbons (Fsp3) is 0.300. The van der Waals surface area contributed by atoms with Crippen molar-refractivity contribution in [2.75, 3.05) is 5.73 Å². The number of anilines is 1. The molecule has 2 nitrogen and oxygen atoms in total. The first-order chi connectivity index (χ1) is 5.66. The molecule has 12 heavy (non-hydrogen) atoms. The van der Waals surface area contributed by atoms with Gasteiger partial charge in [0.05, 0.1) is 12.0 Å². The zero-order valence-electron chi connectivity index (χ0n) is 7.33. The van der Waals surface area contributed by atoms with Crippen LogP contribution < -0.4 is 5.73 Å². The molecule has 62 valence electrons.